The van der Waals surface area contributed by atoms with E-state index in [4.69, 9.17) is 4.74 Å². The summed E-state index contributed by atoms with van der Waals surface area (Å²) in [6.45, 7) is 3.71. The molecule has 7 nitrogen and oxygen atoms in total. The third-order valence-electron chi connectivity index (χ3n) is 6.35. The molecule has 164 valence electrons. The number of ether oxygens (including phenoxy) is 1. The lowest BCUT2D eigenvalue weighted by molar-refractivity contribution is -0.132. The van der Waals surface area contributed by atoms with Gasteiger partial charge in [-0.15, -0.1) is 11.3 Å². The first-order valence-corrected chi connectivity index (χ1v) is 11.6. The van der Waals surface area contributed by atoms with Gasteiger partial charge in [0.15, 0.2) is 0 Å². The minimum Gasteiger partial charge on any atom is -0.462 e. The van der Waals surface area contributed by atoms with E-state index in [1.165, 1.54) is 4.90 Å². The molecule has 8 heteroatoms. The van der Waals surface area contributed by atoms with Gasteiger partial charge in [0.1, 0.15) is 5.54 Å². The molecule has 1 aromatic carbocycles. The Morgan fingerprint density at radius 1 is 1.28 bits per heavy atom. The van der Waals surface area contributed by atoms with Crippen molar-refractivity contribution in [2.24, 2.45) is 0 Å². The summed E-state index contributed by atoms with van der Waals surface area (Å²) in [5.74, 6) is -0.790. The number of thiophene rings is 1. The molecule has 0 saturated carbocycles. The highest BCUT2D eigenvalue weighted by Gasteiger charge is 2.54. The van der Waals surface area contributed by atoms with Crippen LogP contribution >= 0.6 is 11.3 Å². The van der Waals surface area contributed by atoms with Gasteiger partial charge in [-0.25, -0.2) is 14.6 Å². The Kier molecular flexibility index (Phi) is 4.97. The number of imide groups is 1. The maximum atomic E-state index is 13.6. The summed E-state index contributed by atoms with van der Waals surface area (Å²) in [5, 5.41) is 5.76. The van der Waals surface area contributed by atoms with Crippen LogP contribution in [0.1, 0.15) is 51.8 Å². The molecule has 1 atom stereocenters. The standard InChI is InChI=1S/C24H23N3O4S/c1-3-31-21(28)20-14(2)15-7-4-5-8-17(15)25-18(20)13-27-22(29)24(26-23(27)30)11-6-9-19-16(24)10-12-32-19/h4-5,7-8,10,12H,3,6,9,11,13H2,1-2H3,(H,26,30)/t24-/m1/s1. The molecule has 2 aliphatic rings. The molecule has 1 aliphatic carbocycles. The van der Waals surface area contributed by atoms with Crippen LogP contribution in [0.5, 0.6) is 0 Å². The van der Waals surface area contributed by atoms with Crippen molar-refractivity contribution in [2.75, 3.05) is 6.61 Å². The number of pyridine rings is 1. The fourth-order valence-electron chi connectivity index (χ4n) is 4.86. The van der Waals surface area contributed by atoms with Crippen molar-refractivity contribution in [1.29, 1.82) is 0 Å². The summed E-state index contributed by atoms with van der Waals surface area (Å²) in [6, 6.07) is 8.97. The first kappa shape index (κ1) is 20.6. The van der Waals surface area contributed by atoms with Crippen molar-refractivity contribution in [3.8, 4) is 0 Å². The van der Waals surface area contributed by atoms with Crippen LogP contribution in [0.3, 0.4) is 0 Å². The zero-order chi connectivity index (χ0) is 22.5. The van der Waals surface area contributed by atoms with E-state index >= 15 is 0 Å². The van der Waals surface area contributed by atoms with Crippen molar-refractivity contribution in [3.05, 3.63) is 63.0 Å². The number of fused-ring (bicyclic) bond motifs is 3. The number of carbonyl (C=O) groups excluding carboxylic acids is 3. The smallest absolute Gasteiger partial charge is 0.340 e. The number of benzene rings is 1. The first-order chi connectivity index (χ1) is 15.5. The first-order valence-electron chi connectivity index (χ1n) is 10.7. The molecule has 1 N–H and O–H groups in total. The van der Waals surface area contributed by atoms with Gasteiger partial charge in [0.2, 0.25) is 0 Å². The molecule has 0 unspecified atom stereocenters. The second-order valence-corrected chi connectivity index (χ2v) is 9.13. The largest absolute Gasteiger partial charge is 0.462 e. The van der Waals surface area contributed by atoms with Crippen molar-refractivity contribution < 1.29 is 19.1 Å². The summed E-state index contributed by atoms with van der Waals surface area (Å²) in [6.07, 6.45) is 2.30. The highest BCUT2D eigenvalue weighted by atomic mass is 32.1. The zero-order valence-electron chi connectivity index (χ0n) is 17.9. The molecule has 3 heterocycles. The number of aromatic nitrogens is 1. The van der Waals surface area contributed by atoms with Crippen LogP contribution in [-0.4, -0.2) is 34.4 Å². The molecule has 32 heavy (non-hydrogen) atoms. The Hall–Kier alpha value is -3.26. The monoisotopic (exact) mass is 449 g/mol. The van der Waals surface area contributed by atoms with Gasteiger partial charge in [-0.3, -0.25) is 9.69 Å². The van der Waals surface area contributed by atoms with E-state index in [0.29, 0.717) is 23.2 Å². The van der Waals surface area contributed by atoms with Crippen molar-refractivity contribution in [1.82, 2.24) is 15.2 Å². The second kappa shape index (κ2) is 7.70. The van der Waals surface area contributed by atoms with E-state index < -0.39 is 17.5 Å². The van der Waals surface area contributed by atoms with Crippen molar-refractivity contribution in [2.45, 2.75) is 45.2 Å². The quantitative estimate of drug-likeness (QED) is 0.479. The maximum Gasteiger partial charge on any atom is 0.340 e. The molecule has 3 amide bonds. The third kappa shape index (κ3) is 3.01. The fourth-order valence-corrected chi connectivity index (χ4v) is 5.86. The van der Waals surface area contributed by atoms with Crippen LogP contribution in [0.4, 0.5) is 4.79 Å². The number of aryl methyl sites for hydroxylation is 2. The number of esters is 1. The van der Waals surface area contributed by atoms with Gasteiger partial charge in [0.05, 0.1) is 29.9 Å². The van der Waals surface area contributed by atoms with Gasteiger partial charge in [0.25, 0.3) is 5.91 Å². The Morgan fingerprint density at radius 3 is 2.91 bits per heavy atom. The van der Waals surface area contributed by atoms with E-state index in [1.807, 2.05) is 42.6 Å². The third-order valence-corrected chi connectivity index (χ3v) is 7.33. The van der Waals surface area contributed by atoms with Crippen LogP contribution < -0.4 is 5.32 Å². The number of para-hydroxylation sites is 1. The lowest BCUT2D eigenvalue weighted by Crippen LogP contribution is -2.46. The van der Waals surface area contributed by atoms with E-state index in [9.17, 15) is 14.4 Å². The highest BCUT2D eigenvalue weighted by Crippen LogP contribution is 2.42. The van der Waals surface area contributed by atoms with Crippen LogP contribution in [0, 0.1) is 6.92 Å². The maximum absolute atomic E-state index is 13.6. The number of amides is 3. The van der Waals surface area contributed by atoms with Gasteiger partial charge in [-0.05, 0) is 56.2 Å². The predicted molar refractivity (Wildman–Crippen MR) is 120 cm³/mol. The Labute approximate surface area is 189 Å². The minimum absolute atomic E-state index is 0.0916. The highest BCUT2D eigenvalue weighted by molar-refractivity contribution is 7.10. The number of hydrogen-bond acceptors (Lipinski definition) is 6. The van der Waals surface area contributed by atoms with Crippen LogP contribution in [-0.2, 0) is 28.0 Å². The zero-order valence-corrected chi connectivity index (χ0v) is 18.8. The molecule has 1 saturated heterocycles. The van der Waals surface area contributed by atoms with Crippen LogP contribution in [0.25, 0.3) is 10.9 Å². The fraction of sp³-hybridized carbons (Fsp3) is 0.333. The molecule has 0 bridgehead atoms. The number of rotatable bonds is 4. The van der Waals surface area contributed by atoms with Gasteiger partial charge >= 0.3 is 12.0 Å². The Bertz CT molecular complexity index is 1270. The average molecular weight is 450 g/mol. The minimum atomic E-state index is -1.03. The van der Waals surface area contributed by atoms with Gasteiger partial charge in [0, 0.05) is 15.8 Å². The van der Waals surface area contributed by atoms with Gasteiger partial charge in [-0.1, -0.05) is 18.2 Å². The normalized spacial score (nSPS) is 20.0. The molecule has 1 fully saturated rings. The lowest BCUT2D eigenvalue weighted by Gasteiger charge is -2.31. The molecular weight excluding hydrogens is 426 g/mol. The number of nitrogens with one attached hydrogen (secondary N) is 1. The summed E-state index contributed by atoms with van der Waals surface area (Å²) in [7, 11) is 0. The number of hydrogen-bond donors (Lipinski definition) is 1. The number of carbonyl (C=O) groups is 3. The molecule has 5 rings (SSSR count). The summed E-state index contributed by atoms with van der Waals surface area (Å²) >= 11 is 1.61. The molecule has 1 aliphatic heterocycles. The predicted octanol–water partition coefficient (Wildman–Crippen LogP) is 4.07. The molecule has 3 aromatic rings. The Morgan fingerprint density at radius 2 is 2.09 bits per heavy atom. The summed E-state index contributed by atoms with van der Waals surface area (Å²) in [4.78, 5) is 46.4. The summed E-state index contributed by atoms with van der Waals surface area (Å²) < 4.78 is 5.28. The Balaban J connectivity index is 1.58. The number of urea groups is 1. The number of nitrogens with zero attached hydrogens (tertiary/aromatic N) is 2. The average Bonchev–Trinajstić information content (AvgIpc) is 3.35. The summed E-state index contributed by atoms with van der Waals surface area (Å²) in [5.41, 5.74) is 1.97. The SMILES string of the molecule is CCOC(=O)c1c(CN2C(=O)N[C@@]3(CCCc4sccc43)C2=O)nc2ccccc2c1C. The topological polar surface area (TPSA) is 88.6 Å². The van der Waals surface area contributed by atoms with E-state index in [1.54, 1.807) is 18.3 Å². The molecule has 2 aromatic heterocycles. The van der Waals surface area contributed by atoms with Gasteiger partial charge < -0.3 is 10.1 Å². The van der Waals surface area contributed by atoms with E-state index in [0.717, 1.165) is 34.2 Å². The van der Waals surface area contributed by atoms with Crippen LogP contribution in [0.2, 0.25) is 0 Å². The van der Waals surface area contributed by atoms with E-state index in [-0.39, 0.29) is 19.1 Å². The second-order valence-electron chi connectivity index (χ2n) is 8.13. The molecular formula is C24H23N3O4S. The molecule has 0 radical (unpaired) electrons. The van der Waals surface area contributed by atoms with Gasteiger partial charge in [-0.2, -0.15) is 0 Å². The van der Waals surface area contributed by atoms with Crippen LogP contribution in [0.15, 0.2) is 35.7 Å². The van der Waals surface area contributed by atoms with Crippen molar-refractivity contribution in [3.63, 3.8) is 0 Å². The van der Waals surface area contributed by atoms with E-state index in [2.05, 4.69) is 10.3 Å². The lowest BCUT2D eigenvalue weighted by atomic mass is 9.80. The van der Waals surface area contributed by atoms with Crippen molar-refractivity contribution >= 4 is 40.1 Å². The molecule has 1 spiro atoms.